The van der Waals surface area contributed by atoms with Crippen molar-refractivity contribution in [2.75, 3.05) is 43.4 Å². The first-order chi connectivity index (χ1) is 13.6. The molecule has 4 nitrogen and oxygen atoms in total. The smallest absolute Gasteiger partial charge is 0.230 e. The quantitative estimate of drug-likeness (QED) is 0.715. The molecule has 1 fully saturated rings. The molecule has 1 saturated heterocycles. The second-order valence-electron chi connectivity index (χ2n) is 6.70. The Balaban J connectivity index is 1.49. The largest absolute Gasteiger partial charge is 0.367 e. The van der Waals surface area contributed by atoms with Crippen LogP contribution in [0.1, 0.15) is 12.5 Å². The standard InChI is InChI=1S/C21H25F2N3OS/c1-2-25-9-11-26(12-10-25)19-8-7-16(13-18(19)23)14-24-21(27)15-28-20-6-4-3-5-17(20)22/h3-8,13H,2,9-12,14-15H2,1H3,(H,24,27). The summed E-state index contributed by atoms with van der Waals surface area (Å²) in [5, 5.41) is 2.76. The number of carbonyl (C=O) groups is 1. The van der Waals surface area contributed by atoms with Crippen LogP contribution in [0.15, 0.2) is 47.4 Å². The lowest BCUT2D eigenvalue weighted by atomic mass is 10.1. The topological polar surface area (TPSA) is 35.6 Å². The van der Waals surface area contributed by atoms with Gasteiger partial charge in [-0.2, -0.15) is 0 Å². The highest BCUT2D eigenvalue weighted by Gasteiger charge is 2.18. The summed E-state index contributed by atoms with van der Waals surface area (Å²) in [6, 6.07) is 11.5. The first-order valence-electron chi connectivity index (χ1n) is 9.46. The van der Waals surface area contributed by atoms with Gasteiger partial charge in [0.05, 0.1) is 11.4 Å². The second-order valence-corrected chi connectivity index (χ2v) is 7.72. The molecule has 0 saturated carbocycles. The first kappa shape index (κ1) is 20.6. The van der Waals surface area contributed by atoms with Crippen molar-refractivity contribution in [3.8, 4) is 0 Å². The summed E-state index contributed by atoms with van der Waals surface area (Å²) in [7, 11) is 0. The van der Waals surface area contributed by atoms with E-state index >= 15 is 0 Å². The van der Waals surface area contributed by atoms with E-state index in [1.807, 2.05) is 6.07 Å². The minimum Gasteiger partial charge on any atom is -0.367 e. The Morgan fingerprint density at radius 1 is 1.07 bits per heavy atom. The summed E-state index contributed by atoms with van der Waals surface area (Å²) < 4.78 is 28.1. The van der Waals surface area contributed by atoms with Gasteiger partial charge in [0, 0.05) is 37.6 Å². The van der Waals surface area contributed by atoms with Crippen molar-refractivity contribution < 1.29 is 13.6 Å². The Morgan fingerprint density at radius 2 is 1.82 bits per heavy atom. The third-order valence-corrected chi connectivity index (χ3v) is 5.91. The molecule has 1 aliphatic heterocycles. The van der Waals surface area contributed by atoms with Gasteiger partial charge in [0.25, 0.3) is 0 Å². The zero-order valence-electron chi connectivity index (χ0n) is 16.0. The van der Waals surface area contributed by atoms with Gasteiger partial charge < -0.3 is 15.1 Å². The third-order valence-electron chi connectivity index (χ3n) is 4.86. The lowest BCUT2D eigenvalue weighted by Crippen LogP contribution is -2.46. The normalized spacial score (nSPS) is 14.9. The van der Waals surface area contributed by atoms with E-state index in [-0.39, 0.29) is 29.8 Å². The molecule has 0 unspecified atom stereocenters. The van der Waals surface area contributed by atoms with Crippen LogP contribution in [-0.2, 0) is 11.3 Å². The van der Waals surface area contributed by atoms with Gasteiger partial charge in [0.2, 0.25) is 5.91 Å². The van der Waals surface area contributed by atoms with E-state index in [2.05, 4.69) is 22.0 Å². The monoisotopic (exact) mass is 405 g/mol. The number of nitrogens with zero attached hydrogens (tertiary/aromatic N) is 2. The molecule has 0 radical (unpaired) electrons. The minimum atomic E-state index is -0.335. The number of amides is 1. The number of anilines is 1. The lowest BCUT2D eigenvalue weighted by Gasteiger charge is -2.35. The number of nitrogens with one attached hydrogen (secondary N) is 1. The molecular formula is C21H25F2N3OS. The fourth-order valence-electron chi connectivity index (χ4n) is 3.18. The number of benzene rings is 2. The molecule has 0 spiro atoms. The van der Waals surface area contributed by atoms with E-state index in [1.165, 1.54) is 12.1 Å². The van der Waals surface area contributed by atoms with E-state index in [0.717, 1.165) is 44.5 Å². The lowest BCUT2D eigenvalue weighted by molar-refractivity contribution is -0.118. The van der Waals surface area contributed by atoms with Crippen LogP contribution in [0.5, 0.6) is 0 Å². The van der Waals surface area contributed by atoms with Gasteiger partial charge in [-0.05, 0) is 36.4 Å². The molecule has 0 aliphatic carbocycles. The molecule has 1 amide bonds. The number of carbonyl (C=O) groups excluding carboxylic acids is 1. The number of rotatable bonds is 7. The zero-order valence-corrected chi connectivity index (χ0v) is 16.8. The van der Waals surface area contributed by atoms with Gasteiger partial charge in [0.15, 0.2) is 0 Å². The number of piperazine rings is 1. The Labute approximate surface area is 168 Å². The van der Waals surface area contributed by atoms with E-state index < -0.39 is 0 Å². The molecule has 7 heteroatoms. The van der Waals surface area contributed by atoms with Gasteiger partial charge in [-0.15, -0.1) is 11.8 Å². The molecule has 1 aliphatic rings. The fourth-order valence-corrected chi connectivity index (χ4v) is 3.95. The number of likely N-dealkylation sites (N-methyl/N-ethyl adjacent to an activating group) is 1. The molecule has 2 aromatic carbocycles. The van der Waals surface area contributed by atoms with Crippen LogP contribution in [0.2, 0.25) is 0 Å². The maximum absolute atomic E-state index is 14.5. The highest BCUT2D eigenvalue weighted by molar-refractivity contribution is 8.00. The van der Waals surface area contributed by atoms with Crippen LogP contribution in [0.4, 0.5) is 14.5 Å². The fraction of sp³-hybridized carbons (Fsp3) is 0.381. The van der Waals surface area contributed by atoms with Crippen molar-refractivity contribution >= 4 is 23.4 Å². The van der Waals surface area contributed by atoms with E-state index in [9.17, 15) is 13.6 Å². The average molecular weight is 406 g/mol. The van der Waals surface area contributed by atoms with Crippen LogP contribution < -0.4 is 10.2 Å². The van der Waals surface area contributed by atoms with Crippen LogP contribution in [-0.4, -0.2) is 49.3 Å². The van der Waals surface area contributed by atoms with Crippen LogP contribution >= 0.6 is 11.8 Å². The summed E-state index contributed by atoms with van der Waals surface area (Å²) in [6.45, 7) is 6.90. The van der Waals surface area contributed by atoms with Crippen molar-refractivity contribution in [1.29, 1.82) is 0 Å². The van der Waals surface area contributed by atoms with Crippen LogP contribution in [0.3, 0.4) is 0 Å². The van der Waals surface area contributed by atoms with Crippen molar-refractivity contribution in [2.45, 2.75) is 18.4 Å². The Bertz CT molecular complexity index is 810. The molecule has 3 rings (SSSR count). The summed E-state index contributed by atoms with van der Waals surface area (Å²) in [4.78, 5) is 16.8. The maximum atomic E-state index is 14.5. The minimum absolute atomic E-state index is 0.114. The van der Waals surface area contributed by atoms with Crippen molar-refractivity contribution in [3.05, 3.63) is 59.7 Å². The first-order valence-corrected chi connectivity index (χ1v) is 10.4. The molecule has 0 aromatic heterocycles. The predicted molar refractivity (Wildman–Crippen MR) is 110 cm³/mol. The number of hydrogen-bond donors (Lipinski definition) is 1. The van der Waals surface area contributed by atoms with Crippen LogP contribution in [0.25, 0.3) is 0 Å². The summed E-state index contributed by atoms with van der Waals surface area (Å²) in [5.41, 5.74) is 1.32. The summed E-state index contributed by atoms with van der Waals surface area (Å²) in [5.74, 6) is -0.702. The molecule has 1 N–H and O–H groups in total. The molecule has 0 atom stereocenters. The second kappa shape index (κ2) is 9.89. The molecule has 2 aromatic rings. The Hall–Kier alpha value is -2.12. The third kappa shape index (κ3) is 5.45. The number of halogens is 2. The molecule has 28 heavy (non-hydrogen) atoms. The molecular weight excluding hydrogens is 380 g/mol. The zero-order chi connectivity index (χ0) is 19.9. The van der Waals surface area contributed by atoms with Crippen molar-refractivity contribution in [3.63, 3.8) is 0 Å². The van der Waals surface area contributed by atoms with E-state index in [1.54, 1.807) is 24.3 Å². The molecule has 1 heterocycles. The van der Waals surface area contributed by atoms with E-state index in [0.29, 0.717) is 16.1 Å². The van der Waals surface area contributed by atoms with Gasteiger partial charge >= 0.3 is 0 Å². The van der Waals surface area contributed by atoms with Crippen molar-refractivity contribution in [1.82, 2.24) is 10.2 Å². The van der Waals surface area contributed by atoms with Crippen molar-refractivity contribution in [2.24, 2.45) is 0 Å². The summed E-state index contributed by atoms with van der Waals surface area (Å²) in [6.07, 6.45) is 0. The Morgan fingerprint density at radius 3 is 2.50 bits per heavy atom. The highest BCUT2D eigenvalue weighted by Crippen LogP contribution is 2.23. The number of thioether (sulfide) groups is 1. The van der Waals surface area contributed by atoms with E-state index in [4.69, 9.17) is 0 Å². The van der Waals surface area contributed by atoms with Crippen LogP contribution in [0, 0.1) is 11.6 Å². The Kier molecular flexibility index (Phi) is 7.28. The number of hydrogen-bond acceptors (Lipinski definition) is 4. The molecule has 150 valence electrons. The van der Waals surface area contributed by atoms with Gasteiger partial charge in [-0.1, -0.05) is 25.1 Å². The SMILES string of the molecule is CCN1CCN(c2ccc(CNC(=O)CSc3ccccc3F)cc2F)CC1. The van der Waals surface area contributed by atoms with Gasteiger partial charge in [0.1, 0.15) is 11.6 Å². The summed E-state index contributed by atoms with van der Waals surface area (Å²) >= 11 is 1.14. The molecule has 0 bridgehead atoms. The van der Waals surface area contributed by atoms with Gasteiger partial charge in [-0.3, -0.25) is 4.79 Å². The maximum Gasteiger partial charge on any atom is 0.230 e. The average Bonchev–Trinajstić information content (AvgIpc) is 2.72. The highest BCUT2D eigenvalue weighted by atomic mass is 32.2. The predicted octanol–water partition coefficient (Wildman–Crippen LogP) is 3.52. The van der Waals surface area contributed by atoms with Gasteiger partial charge in [-0.25, -0.2) is 8.78 Å².